The third-order valence-corrected chi connectivity index (χ3v) is 2.21. The number of rotatable bonds is 1. The van der Waals surface area contributed by atoms with Gasteiger partial charge < -0.3 is 0 Å². The van der Waals surface area contributed by atoms with Crippen molar-refractivity contribution in [1.82, 2.24) is 0 Å². The molecule has 0 saturated heterocycles. The predicted octanol–water partition coefficient (Wildman–Crippen LogP) is 3.56. The third-order valence-electron chi connectivity index (χ3n) is 1.19. The van der Waals surface area contributed by atoms with Crippen molar-refractivity contribution in [2.45, 2.75) is 0 Å². The molecule has 64 valence electrons. The van der Waals surface area contributed by atoms with Gasteiger partial charge >= 0.3 is 0 Å². The average molecular weight is 226 g/mol. The molecule has 0 unspecified atom stereocenters. The molecule has 0 saturated carbocycles. The summed E-state index contributed by atoms with van der Waals surface area (Å²) in [7, 11) is 0. The van der Waals surface area contributed by atoms with Crippen LogP contribution in [-0.2, 0) is 0 Å². The topological polar surface area (TPSA) is 43.1 Å². The Morgan fingerprint density at radius 1 is 1.08 bits per heavy atom. The number of benzene rings is 1. The van der Waals surface area contributed by atoms with Crippen LogP contribution in [0.25, 0.3) is 0 Å². The first-order valence-corrected chi connectivity index (χ1v) is 3.94. The highest BCUT2D eigenvalue weighted by Crippen LogP contribution is 2.33. The normalized spacial score (nSPS) is 9.92. The van der Waals surface area contributed by atoms with Crippen LogP contribution >= 0.6 is 34.8 Å². The molecule has 0 aliphatic carbocycles. The highest BCUT2D eigenvalue weighted by atomic mass is 35.5. The van der Waals surface area contributed by atoms with Crippen LogP contribution in [0.5, 0.6) is 0 Å². The van der Waals surface area contributed by atoms with E-state index in [-0.39, 0.29) is 20.8 Å². The molecule has 0 bridgehead atoms. The SMILES string of the molecule is O=[N+]([O-])c1cc(Cl)c(Cl)cc1Cl. The fourth-order valence-corrected chi connectivity index (χ4v) is 1.26. The van der Waals surface area contributed by atoms with Crippen molar-refractivity contribution in [2.75, 3.05) is 0 Å². The predicted molar refractivity (Wildman–Crippen MR) is 48.1 cm³/mol. The van der Waals surface area contributed by atoms with Crippen molar-refractivity contribution in [3.8, 4) is 0 Å². The summed E-state index contributed by atoms with van der Waals surface area (Å²) in [4.78, 5) is 9.68. The zero-order valence-electron chi connectivity index (χ0n) is 5.55. The first kappa shape index (κ1) is 9.58. The van der Waals surface area contributed by atoms with E-state index in [1.54, 1.807) is 0 Å². The van der Waals surface area contributed by atoms with Gasteiger partial charge in [0.2, 0.25) is 0 Å². The first-order chi connectivity index (χ1) is 5.52. The quantitative estimate of drug-likeness (QED) is 0.417. The molecule has 0 aliphatic heterocycles. The van der Waals surface area contributed by atoms with Gasteiger partial charge in [0, 0.05) is 6.07 Å². The lowest BCUT2D eigenvalue weighted by Crippen LogP contribution is -1.88. The minimum Gasteiger partial charge on any atom is -0.258 e. The maximum atomic E-state index is 10.3. The van der Waals surface area contributed by atoms with Gasteiger partial charge in [0.25, 0.3) is 5.69 Å². The summed E-state index contributed by atoms with van der Waals surface area (Å²) in [5.41, 5.74) is -0.244. The summed E-state index contributed by atoms with van der Waals surface area (Å²) in [6.45, 7) is 0. The minimum absolute atomic E-state index is 0.0191. The van der Waals surface area contributed by atoms with Gasteiger partial charge in [-0.15, -0.1) is 0 Å². The van der Waals surface area contributed by atoms with Crippen molar-refractivity contribution in [2.24, 2.45) is 0 Å². The van der Waals surface area contributed by atoms with Crippen LogP contribution in [0.4, 0.5) is 5.69 Å². The summed E-state index contributed by atoms with van der Waals surface area (Å²) < 4.78 is 0. The van der Waals surface area contributed by atoms with E-state index in [2.05, 4.69) is 0 Å². The molecule has 6 heteroatoms. The molecular weight excluding hydrogens is 224 g/mol. The van der Waals surface area contributed by atoms with Crippen LogP contribution in [0.1, 0.15) is 0 Å². The summed E-state index contributed by atoms with van der Waals surface area (Å²) in [6, 6.07) is 2.36. The second-order valence-corrected chi connectivity index (χ2v) is 3.20. The van der Waals surface area contributed by atoms with Gasteiger partial charge in [-0.1, -0.05) is 34.8 Å². The Morgan fingerprint density at radius 3 is 2.08 bits per heavy atom. The maximum absolute atomic E-state index is 10.3. The molecule has 0 heterocycles. The molecule has 0 radical (unpaired) electrons. The monoisotopic (exact) mass is 225 g/mol. The van der Waals surface area contributed by atoms with Crippen LogP contribution < -0.4 is 0 Å². The highest BCUT2D eigenvalue weighted by molar-refractivity contribution is 6.43. The number of halogens is 3. The molecule has 0 atom stereocenters. The number of hydrogen-bond acceptors (Lipinski definition) is 2. The Bertz CT molecular complexity index is 340. The van der Waals surface area contributed by atoms with Crippen molar-refractivity contribution < 1.29 is 4.92 Å². The number of hydrogen-bond donors (Lipinski definition) is 0. The Morgan fingerprint density at radius 2 is 1.58 bits per heavy atom. The molecule has 0 fully saturated rings. The number of nitrogens with zero attached hydrogens (tertiary/aromatic N) is 1. The number of nitro benzene ring substituents is 1. The summed E-state index contributed by atoms with van der Waals surface area (Å²) in [5, 5.41) is 10.6. The Hall–Kier alpha value is -0.510. The van der Waals surface area contributed by atoms with Crippen molar-refractivity contribution in [1.29, 1.82) is 0 Å². The molecule has 1 aromatic rings. The van der Waals surface area contributed by atoms with E-state index in [0.717, 1.165) is 6.07 Å². The van der Waals surface area contributed by atoms with Gasteiger partial charge in [0.1, 0.15) is 5.02 Å². The molecule has 1 rings (SSSR count). The molecule has 0 aliphatic rings. The van der Waals surface area contributed by atoms with E-state index in [1.807, 2.05) is 0 Å². The van der Waals surface area contributed by atoms with E-state index in [0.29, 0.717) is 0 Å². The van der Waals surface area contributed by atoms with Crippen LogP contribution in [0.2, 0.25) is 15.1 Å². The minimum atomic E-state index is -0.620. The number of nitro groups is 1. The lowest BCUT2D eigenvalue weighted by molar-refractivity contribution is -0.384. The lowest BCUT2D eigenvalue weighted by Gasteiger charge is -1.97. The Kier molecular flexibility index (Phi) is 2.77. The second kappa shape index (κ2) is 3.47. The molecule has 0 N–H and O–H groups in total. The van der Waals surface area contributed by atoms with Crippen molar-refractivity contribution in [3.05, 3.63) is 37.3 Å². The van der Waals surface area contributed by atoms with Gasteiger partial charge in [-0.2, -0.15) is 0 Å². The highest BCUT2D eigenvalue weighted by Gasteiger charge is 2.14. The van der Waals surface area contributed by atoms with E-state index < -0.39 is 4.92 Å². The Labute approximate surface area is 83.0 Å². The standard InChI is InChI=1S/C6H2Cl3NO2/c7-3-1-5(9)6(10(11)12)2-4(3)8/h1-2H. The zero-order chi connectivity index (χ0) is 9.30. The fourth-order valence-electron chi connectivity index (χ4n) is 0.652. The van der Waals surface area contributed by atoms with Gasteiger partial charge in [-0.25, -0.2) is 0 Å². The third kappa shape index (κ3) is 1.80. The van der Waals surface area contributed by atoms with Crippen LogP contribution in [-0.4, -0.2) is 4.92 Å². The summed E-state index contributed by atoms with van der Waals surface area (Å²) >= 11 is 16.6. The molecular formula is C6H2Cl3NO2. The van der Waals surface area contributed by atoms with E-state index in [1.165, 1.54) is 6.07 Å². The van der Waals surface area contributed by atoms with Gasteiger partial charge in [-0.3, -0.25) is 10.1 Å². The van der Waals surface area contributed by atoms with Gasteiger partial charge in [0.05, 0.1) is 15.0 Å². The Balaban J connectivity index is 3.33. The van der Waals surface area contributed by atoms with Crippen LogP contribution in [0, 0.1) is 10.1 Å². The van der Waals surface area contributed by atoms with Crippen molar-refractivity contribution >= 4 is 40.5 Å². The molecule has 12 heavy (non-hydrogen) atoms. The largest absolute Gasteiger partial charge is 0.289 e. The molecule has 0 spiro atoms. The van der Waals surface area contributed by atoms with Gasteiger partial charge in [0.15, 0.2) is 0 Å². The maximum Gasteiger partial charge on any atom is 0.289 e. The van der Waals surface area contributed by atoms with Gasteiger partial charge in [-0.05, 0) is 6.07 Å². The van der Waals surface area contributed by atoms with E-state index in [4.69, 9.17) is 34.8 Å². The fraction of sp³-hybridized carbons (Fsp3) is 0. The average Bonchev–Trinajstić information content (AvgIpc) is 1.96. The second-order valence-electron chi connectivity index (χ2n) is 1.97. The van der Waals surface area contributed by atoms with E-state index in [9.17, 15) is 10.1 Å². The lowest BCUT2D eigenvalue weighted by atomic mass is 10.3. The molecule has 3 nitrogen and oxygen atoms in total. The van der Waals surface area contributed by atoms with E-state index >= 15 is 0 Å². The molecule has 1 aromatic carbocycles. The van der Waals surface area contributed by atoms with Crippen LogP contribution in [0.15, 0.2) is 12.1 Å². The molecule has 0 amide bonds. The summed E-state index contributed by atoms with van der Waals surface area (Å²) in [5.74, 6) is 0. The first-order valence-electron chi connectivity index (χ1n) is 2.81. The smallest absolute Gasteiger partial charge is 0.258 e. The summed E-state index contributed by atoms with van der Waals surface area (Å²) in [6.07, 6.45) is 0. The van der Waals surface area contributed by atoms with Crippen molar-refractivity contribution in [3.63, 3.8) is 0 Å². The zero-order valence-corrected chi connectivity index (χ0v) is 7.82. The molecule has 0 aromatic heterocycles. The van der Waals surface area contributed by atoms with Crippen LogP contribution in [0.3, 0.4) is 0 Å².